The van der Waals surface area contributed by atoms with Crippen molar-refractivity contribution in [2.45, 2.75) is 20.3 Å². The Hall–Kier alpha value is -2.69. The van der Waals surface area contributed by atoms with Gasteiger partial charge in [0.25, 0.3) is 0 Å². The van der Waals surface area contributed by atoms with Gasteiger partial charge in [-0.3, -0.25) is 0 Å². The average molecular weight is 291 g/mol. The van der Waals surface area contributed by atoms with Crippen molar-refractivity contribution in [1.82, 2.24) is 24.6 Å². The number of aromatic amines is 1. The largest absolute Gasteiger partial charge is 0.345 e. The van der Waals surface area contributed by atoms with Gasteiger partial charge in [-0.2, -0.15) is 5.10 Å². The summed E-state index contributed by atoms with van der Waals surface area (Å²) < 4.78 is 1.86. The third kappa shape index (κ3) is 2.15. The van der Waals surface area contributed by atoms with E-state index in [-0.39, 0.29) is 0 Å². The first-order valence-electron chi connectivity index (χ1n) is 7.47. The minimum Gasteiger partial charge on any atom is -0.345 e. The predicted molar refractivity (Wildman–Crippen MR) is 86.6 cm³/mol. The Bertz CT molecular complexity index is 948. The van der Waals surface area contributed by atoms with E-state index < -0.39 is 0 Å². The predicted octanol–water partition coefficient (Wildman–Crippen LogP) is 3.47. The van der Waals surface area contributed by atoms with Crippen LogP contribution in [0.1, 0.15) is 19.7 Å². The molecule has 22 heavy (non-hydrogen) atoms. The second-order valence-electron chi connectivity index (χ2n) is 5.96. The summed E-state index contributed by atoms with van der Waals surface area (Å²) >= 11 is 0. The summed E-state index contributed by atoms with van der Waals surface area (Å²) in [5, 5.41) is 5.28. The second kappa shape index (κ2) is 4.94. The van der Waals surface area contributed by atoms with Gasteiger partial charge in [0, 0.05) is 42.2 Å². The quantitative estimate of drug-likeness (QED) is 0.628. The number of H-pyrrole nitrogens is 1. The maximum atomic E-state index is 4.63. The van der Waals surface area contributed by atoms with Crippen LogP contribution >= 0.6 is 0 Å². The van der Waals surface area contributed by atoms with E-state index in [4.69, 9.17) is 0 Å². The van der Waals surface area contributed by atoms with Crippen molar-refractivity contribution in [3.63, 3.8) is 0 Å². The molecule has 4 heterocycles. The van der Waals surface area contributed by atoms with Crippen molar-refractivity contribution in [2.75, 3.05) is 0 Å². The van der Waals surface area contributed by atoms with Gasteiger partial charge in [0.05, 0.1) is 5.52 Å². The van der Waals surface area contributed by atoms with Crippen LogP contribution in [0.3, 0.4) is 0 Å². The van der Waals surface area contributed by atoms with Crippen LogP contribution in [0.15, 0.2) is 43.0 Å². The number of aromatic nitrogens is 5. The molecular weight excluding hydrogens is 274 g/mol. The molecule has 0 fully saturated rings. The van der Waals surface area contributed by atoms with Crippen LogP contribution in [0.5, 0.6) is 0 Å². The van der Waals surface area contributed by atoms with E-state index in [2.05, 4.69) is 46.0 Å². The van der Waals surface area contributed by atoms with E-state index >= 15 is 0 Å². The van der Waals surface area contributed by atoms with E-state index in [1.807, 2.05) is 29.2 Å². The number of fused-ring (bicyclic) bond motifs is 2. The van der Waals surface area contributed by atoms with Crippen LogP contribution in [0.25, 0.3) is 27.7 Å². The summed E-state index contributed by atoms with van der Waals surface area (Å²) in [6.07, 6.45) is 8.59. The average Bonchev–Trinajstić information content (AvgIpc) is 3.11. The van der Waals surface area contributed by atoms with Gasteiger partial charge < -0.3 is 4.98 Å². The van der Waals surface area contributed by atoms with Crippen LogP contribution in [0, 0.1) is 5.92 Å². The number of nitrogens with one attached hydrogen (secondary N) is 1. The summed E-state index contributed by atoms with van der Waals surface area (Å²) in [6.45, 7) is 4.35. The standard InChI is InChI=1S/C17H17N5/c1-11(2)7-16-18-10-15-14(9-19-17(15)21-16)12-4-6-22-13(8-12)3-5-20-22/h3-6,8-11H,7H2,1-2H3,(H,18,19,21). The van der Waals surface area contributed by atoms with Crippen molar-refractivity contribution >= 4 is 16.6 Å². The summed E-state index contributed by atoms with van der Waals surface area (Å²) in [5.41, 5.74) is 4.23. The number of hydrogen-bond acceptors (Lipinski definition) is 3. The van der Waals surface area contributed by atoms with Crippen LogP contribution in [-0.2, 0) is 6.42 Å². The highest BCUT2D eigenvalue weighted by atomic mass is 15.2. The molecule has 0 saturated carbocycles. The van der Waals surface area contributed by atoms with Crippen LogP contribution < -0.4 is 0 Å². The van der Waals surface area contributed by atoms with E-state index in [1.54, 1.807) is 6.20 Å². The second-order valence-corrected chi connectivity index (χ2v) is 5.96. The lowest BCUT2D eigenvalue weighted by Crippen LogP contribution is -2.00. The van der Waals surface area contributed by atoms with Gasteiger partial charge in [-0.05, 0) is 29.7 Å². The van der Waals surface area contributed by atoms with Crippen molar-refractivity contribution in [1.29, 1.82) is 0 Å². The van der Waals surface area contributed by atoms with Crippen LogP contribution in [0.4, 0.5) is 0 Å². The maximum Gasteiger partial charge on any atom is 0.141 e. The fourth-order valence-electron chi connectivity index (χ4n) is 2.74. The molecule has 5 nitrogen and oxygen atoms in total. The molecule has 0 radical (unpaired) electrons. The van der Waals surface area contributed by atoms with Crippen LogP contribution in [0.2, 0.25) is 0 Å². The van der Waals surface area contributed by atoms with Gasteiger partial charge in [0.2, 0.25) is 0 Å². The molecule has 0 amide bonds. The normalized spacial score (nSPS) is 11.8. The summed E-state index contributed by atoms with van der Waals surface area (Å²) in [4.78, 5) is 12.4. The van der Waals surface area contributed by atoms with E-state index in [0.717, 1.165) is 39.9 Å². The lowest BCUT2D eigenvalue weighted by molar-refractivity contribution is 0.622. The minimum absolute atomic E-state index is 0.552. The Morgan fingerprint density at radius 3 is 3.05 bits per heavy atom. The molecule has 0 aliphatic heterocycles. The molecule has 0 spiro atoms. The summed E-state index contributed by atoms with van der Waals surface area (Å²) in [6, 6.07) is 6.18. The van der Waals surface area contributed by atoms with Gasteiger partial charge in [0.1, 0.15) is 11.5 Å². The summed E-state index contributed by atoms with van der Waals surface area (Å²) in [7, 11) is 0. The first kappa shape index (κ1) is 13.0. The Labute approximate surface area is 128 Å². The highest BCUT2D eigenvalue weighted by Crippen LogP contribution is 2.28. The van der Waals surface area contributed by atoms with E-state index in [9.17, 15) is 0 Å². The molecule has 0 atom stereocenters. The number of rotatable bonds is 3. The first-order valence-corrected chi connectivity index (χ1v) is 7.47. The Morgan fingerprint density at radius 2 is 2.18 bits per heavy atom. The molecule has 0 saturated heterocycles. The van der Waals surface area contributed by atoms with Crippen molar-refractivity contribution in [3.05, 3.63) is 48.8 Å². The summed E-state index contributed by atoms with van der Waals surface area (Å²) in [5.74, 6) is 1.44. The molecular formula is C17H17N5. The molecule has 110 valence electrons. The zero-order valence-electron chi connectivity index (χ0n) is 12.6. The third-order valence-corrected chi connectivity index (χ3v) is 3.78. The molecule has 4 aromatic heterocycles. The highest BCUT2D eigenvalue weighted by molar-refractivity contribution is 5.93. The molecule has 1 N–H and O–H groups in total. The monoisotopic (exact) mass is 291 g/mol. The van der Waals surface area contributed by atoms with Gasteiger partial charge in [0.15, 0.2) is 0 Å². The fraction of sp³-hybridized carbons (Fsp3) is 0.235. The van der Waals surface area contributed by atoms with Gasteiger partial charge >= 0.3 is 0 Å². The fourth-order valence-corrected chi connectivity index (χ4v) is 2.74. The maximum absolute atomic E-state index is 4.63. The lowest BCUT2D eigenvalue weighted by Gasteiger charge is -2.04. The SMILES string of the molecule is CC(C)Cc1ncc2c(-c3ccn4nccc4c3)c[nH]c2n1. The lowest BCUT2D eigenvalue weighted by atomic mass is 10.1. The number of pyridine rings is 1. The molecule has 0 aliphatic carbocycles. The molecule has 5 heteroatoms. The van der Waals surface area contributed by atoms with Gasteiger partial charge in [-0.15, -0.1) is 0 Å². The topological polar surface area (TPSA) is 58.9 Å². The zero-order chi connectivity index (χ0) is 15.1. The molecule has 0 bridgehead atoms. The molecule has 0 aliphatic rings. The van der Waals surface area contributed by atoms with Crippen molar-refractivity contribution in [3.8, 4) is 11.1 Å². The Kier molecular flexibility index (Phi) is 2.92. The third-order valence-electron chi connectivity index (χ3n) is 3.78. The smallest absolute Gasteiger partial charge is 0.141 e. The van der Waals surface area contributed by atoms with Crippen molar-refractivity contribution < 1.29 is 0 Å². The molecule has 4 rings (SSSR count). The van der Waals surface area contributed by atoms with Gasteiger partial charge in [-0.25, -0.2) is 14.5 Å². The van der Waals surface area contributed by atoms with E-state index in [1.165, 1.54) is 0 Å². The molecule has 0 unspecified atom stereocenters. The van der Waals surface area contributed by atoms with E-state index in [0.29, 0.717) is 5.92 Å². The Balaban J connectivity index is 1.81. The highest BCUT2D eigenvalue weighted by Gasteiger charge is 2.10. The number of nitrogens with zero attached hydrogens (tertiary/aromatic N) is 4. The molecule has 0 aromatic carbocycles. The number of hydrogen-bond donors (Lipinski definition) is 1. The van der Waals surface area contributed by atoms with Crippen molar-refractivity contribution in [2.24, 2.45) is 5.92 Å². The Morgan fingerprint density at radius 1 is 1.27 bits per heavy atom. The first-order chi connectivity index (χ1) is 10.7. The van der Waals surface area contributed by atoms with Crippen LogP contribution in [-0.4, -0.2) is 24.6 Å². The minimum atomic E-state index is 0.552. The van der Waals surface area contributed by atoms with Gasteiger partial charge in [-0.1, -0.05) is 13.8 Å². The molecule has 4 aromatic rings. The zero-order valence-corrected chi connectivity index (χ0v) is 12.6.